The quantitative estimate of drug-likeness (QED) is 0.889. The average molecular weight is 332 g/mol. The molecule has 0 aromatic heterocycles. The van der Waals surface area contributed by atoms with Crippen LogP contribution in [0.25, 0.3) is 0 Å². The minimum atomic E-state index is -0.0338. The Labute approximate surface area is 128 Å². The summed E-state index contributed by atoms with van der Waals surface area (Å²) < 4.78 is 0.959. The lowest BCUT2D eigenvalue weighted by atomic mass is 10.0. The van der Waals surface area contributed by atoms with Gasteiger partial charge in [-0.05, 0) is 36.1 Å². The predicted octanol–water partition coefficient (Wildman–Crippen LogP) is 4.29. The summed E-state index contributed by atoms with van der Waals surface area (Å²) in [6, 6.07) is 15.9. The van der Waals surface area contributed by atoms with E-state index in [1.807, 2.05) is 43.3 Å². The highest BCUT2D eigenvalue weighted by atomic mass is 79.9. The van der Waals surface area contributed by atoms with E-state index in [-0.39, 0.29) is 5.91 Å². The van der Waals surface area contributed by atoms with Crippen molar-refractivity contribution in [3.8, 4) is 0 Å². The zero-order chi connectivity index (χ0) is 14.5. The number of carbonyl (C=O) groups excluding carboxylic acids is 1. The van der Waals surface area contributed by atoms with Gasteiger partial charge in [0.05, 0.1) is 0 Å². The molecule has 0 saturated heterocycles. The number of rotatable bonds is 4. The molecule has 104 valence electrons. The fourth-order valence-electron chi connectivity index (χ4n) is 1.98. The summed E-state index contributed by atoms with van der Waals surface area (Å²) in [6.45, 7) is 4.75. The van der Waals surface area contributed by atoms with Crippen LogP contribution in [0.1, 0.15) is 34.3 Å². The molecule has 1 unspecified atom stereocenters. The zero-order valence-electron chi connectivity index (χ0n) is 11.7. The molecule has 2 aromatic rings. The monoisotopic (exact) mass is 331 g/mol. The number of nitrogens with one attached hydrogen (secondary N) is 1. The topological polar surface area (TPSA) is 29.1 Å². The molecular weight excluding hydrogens is 314 g/mol. The van der Waals surface area contributed by atoms with Crippen LogP contribution in [-0.2, 0) is 0 Å². The smallest absolute Gasteiger partial charge is 0.251 e. The van der Waals surface area contributed by atoms with E-state index in [0.29, 0.717) is 18.0 Å². The fraction of sp³-hybridized carbons (Fsp3) is 0.235. The number of amides is 1. The average Bonchev–Trinajstić information content (AvgIpc) is 2.48. The summed E-state index contributed by atoms with van der Waals surface area (Å²) in [5.41, 5.74) is 3.04. The van der Waals surface area contributed by atoms with Gasteiger partial charge in [0, 0.05) is 16.6 Å². The van der Waals surface area contributed by atoms with E-state index >= 15 is 0 Å². The van der Waals surface area contributed by atoms with Crippen LogP contribution in [0.15, 0.2) is 53.0 Å². The van der Waals surface area contributed by atoms with E-state index < -0.39 is 0 Å². The molecule has 1 atom stereocenters. The van der Waals surface area contributed by atoms with Gasteiger partial charge in [-0.2, -0.15) is 0 Å². The van der Waals surface area contributed by atoms with Crippen LogP contribution < -0.4 is 5.32 Å². The summed E-state index contributed by atoms with van der Waals surface area (Å²) in [5.74, 6) is 0.266. The van der Waals surface area contributed by atoms with Crippen LogP contribution in [0.4, 0.5) is 0 Å². The first kappa shape index (κ1) is 14.8. The highest BCUT2D eigenvalue weighted by Crippen LogP contribution is 2.18. The molecule has 3 heteroatoms. The van der Waals surface area contributed by atoms with Crippen molar-refractivity contribution in [2.75, 3.05) is 6.54 Å². The molecule has 2 aromatic carbocycles. The van der Waals surface area contributed by atoms with Crippen molar-refractivity contribution in [2.24, 2.45) is 0 Å². The largest absolute Gasteiger partial charge is 0.351 e. The summed E-state index contributed by atoms with van der Waals surface area (Å²) in [5, 5.41) is 2.98. The lowest BCUT2D eigenvalue weighted by Crippen LogP contribution is -2.27. The normalized spacial score (nSPS) is 11.9. The van der Waals surface area contributed by atoms with Crippen molar-refractivity contribution in [1.82, 2.24) is 5.32 Å². The van der Waals surface area contributed by atoms with E-state index in [9.17, 15) is 4.79 Å². The van der Waals surface area contributed by atoms with Crippen molar-refractivity contribution in [3.05, 3.63) is 69.7 Å². The fourth-order valence-corrected chi connectivity index (χ4v) is 2.36. The Kier molecular flexibility index (Phi) is 4.96. The maximum Gasteiger partial charge on any atom is 0.251 e. The molecule has 2 nitrogen and oxygen atoms in total. The van der Waals surface area contributed by atoms with Crippen LogP contribution in [0, 0.1) is 6.92 Å². The lowest BCUT2D eigenvalue weighted by Gasteiger charge is -2.13. The Balaban J connectivity index is 1.97. The van der Waals surface area contributed by atoms with Crippen LogP contribution in [0.3, 0.4) is 0 Å². The maximum atomic E-state index is 12.1. The Morgan fingerprint density at radius 3 is 2.55 bits per heavy atom. The summed E-state index contributed by atoms with van der Waals surface area (Å²) in [4.78, 5) is 12.1. The Bertz CT molecular complexity index is 595. The Morgan fingerprint density at radius 1 is 1.20 bits per heavy atom. The van der Waals surface area contributed by atoms with Crippen LogP contribution in [0.5, 0.6) is 0 Å². The maximum absolute atomic E-state index is 12.1. The molecule has 0 aliphatic carbocycles. The third kappa shape index (κ3) is 3.70. The number of carbonyl (C=O) groups is 1. The molecule has 1 amide bonds. The van der Waals surface area contributed by atoms with Crippen molar-refractivity contribution in [2.45, 2.75) is 19.8 Å². The second kappa shape index (κ2) is 6.71. The van der Waals surface area contributed by atoms with Gasteiger partial charge in [-0.1, -0.05) is 59.3 Å². The number of hydrogen-bond acceptors (Lipinski definition) is 1. The highest BCUT2D eigenvalue weighted by molar-refractivity contribution is 9.10. The van der Waals surface area contributed by atoms with Gasteiger partial charge in [0.15, 0.2) is 0 Å². The molecule has 0 spiro atoms. The molecule has 0 saturated carbocycles. The molecule has 0 aliphatic rings. The van der Waals surface area contributed by atoms with Crippen molar-refractivity contribution in [1.29, 1.82) is 0 Å². The summed E-state index contributed by atoms with van der Waals surface area (Å²) >= 11 is 3.45. The van der Waals surface area contributed by atoms with E-state index in [2.05, 4.69) is 40.3 Å². The van der Waals surface area contributed by atoms with Crippen LogP contribution in [-0.4, -0.2) is 12.5 Å². The van der Waals surface area contributed by atoms with Gasteiger partial charge in [0.25, 0.3) is 5.91 Å². The van der Waals surface area contributed by atoms with E-state index in [1.54, 1.807) is 0 Å². The Hall–Kier alpha value is -1.61. The first-order valence-corrected chi connectivity index (χ1v) is 7.46. The standard InChI is InChI=1S/C17H18BrNO/c1-12-8-9-15(10-16(12)18)17(20)19-11-13(2)14-6-4-3-5-7-14/h3-10,13H,11H2,1-2H3,(H,19,20). The molecule has 20 heavy (non-hydrogen) atoms. The molecule has 1 N–H and O–H groups in total. The number of aryl methyl sites for hydroxylation is 1. The summed E-state index contributed by atoms with van der Waals surface area (Å²) in [7, 11) is 0. The van der Waals surface area contributed by atoms with Crippen molar-refractivity contribution in [3.63, 3.8) is 0 Å². The molecule has 0 fully saturated rings. The molecule has 0 aliphatic heterocycles. The SMILES string of the molecule is Cc1ccc(C(=O)NCC(C)c2ccccc2)cc1Br. The first-order chi connectivity index (χ1) is 9.58. The summed E-state index contributed by atoms with van der Waals surface area (Å²) in [6.07, 6.45) is 0. The Morgan fingerprint density at radius 2 is 1.90 bits per heavy atom. The van der Waals surface area contributed by atoms with Gasteiger partial charge in [0.1, 0.15) is 0 Å². The van der Waals surface area contributed by atoms with Crippen molar-refractivity contribution < 1.29 is 4.79 Å². The van der Waals surface area contributed by atoms with Crippen molar-refractivity contribution >= 4 is 21.8 Å². The second-order valence-electron chi connectivity index (χ2n) is 4.99. The zero-order valence-corrected chi connectivity index (χ0v) is 13.3. The molecule has 0 radical (unpaired) electrons. The first-order valence-electron chi connectivity index (χ1n) is 6.67. The second-order valence-corrected chi connectivity index (χ2v) is 5.84. The molecule has 2 rings (SSSR count). The van der Waals surface area contributed by atoms with Gasteiger partial charge >= 0.3 is 0 Å². The molecular formula is C17H18BrNO. The lowest BCUT2D eigenvalue weighted by molar-refractivity contribution is 0.0951. The molecule has 0 heterocycles. The van der Waals surface area contributed by atoms with Gasteiger partial charge in [-0.25, -0.2) is 0 Å². The van der Waals surface area contributed by atoms with Gasteiger partial charge in [-0.15, -0.1) is 0 Å². The van der Waals surface area contributed by atoms with E-state index in [0.717, 1.165) is 10.0 Å². The third-order valence-corrected chi connectivity index (χ3v) is 4.23. The van der Waals surface area contributed by atoms with Gasteiger partial charge in [0.2, 0.25) is 0 Å². The minimum Gasteiger partial charge on any atom is -0.351 e. The molecule has 0 bridgehead atoms. The predicted molar refractivity (Wildman–Crippen MR) is 86.1 cm³/mol. The van der Waals surface area contributed by atoms with Gasteiger partial charge < -0.3 is 5.32 Å². The van der Waals surface area contributed by atoms with Crippen LogP contribution in [0.2, 0.25) is 0 Å². The van der Waals surface area contributed by atoms with Gasteiger partial charge in [-0.3, -0.25) is 4.79 Å². The number of benzene rings is 2. The number of hydrogen-bond donors (Lipinski definition) is 1. The van der Waals surface area contributed by atoms with E-state index in [4.69, 9.17) is 0 Å². The van der Waals surface area contributed by atoms with E-state index in [1.165, 1.54) is 5.56 Å². The highest BCUT2D eigenvalue weighted by Gasteiger charge is 2.10. The minimum absolute atomic E-state index is 0.0338. The third-order valence-electron chi connectivity index (χ3n) is 3.37. The van der Waals surface area contributed by atoms with Crippen LogP contribution >= 0.6 is 15.9 Å². The number of halogens is 1.